The Morgan fingerprint density at radius 3 is 2.67 bits per heavy atom. The summed E-state index contributed by atoms with van der Waals surface area (Å²) in [6.07, 6.45) is 2.97. The highest BCUT2D eigenvalue weighted by Gasteiger charge is 2.07. The van der Waals surface area contributed by atoms with Crippen molar-refractivity contribution in [2.24, 2.45) is 5.73 Å². The summed E-state index contributed by atoms with van der Waals surface area (Å²) >= 11 is 0. The Morgan fingerprint density at radius 2 is 2.11 bits per heavy atom. The second-order valence-corrected chi connectivity index (χ2v) is 4.09. The van der Waals surface area contributed by atoms with Crippen LogP contribution in [0.5, 0.6) is 0 Å². The Kier molecular flexibility index (Phi) is 5.17. The zero-order valence-corrected chi connectivity index (χ0v) is 10.8. The molecular formula is C13H20N4O. The molecule has 98 valence electrons. The highest BCUT2D eigenvalue weighted by atomic mass is 16.2. The van der Waals surface area contributed by atoms with Crippen molar-refractivity contribution in [3.05, 3.63) is 29.3 Å². The molecule has 0 saturated carbocycles. The molecule has 0 aliphatic carbocycles. The fourth-order valence-electron chi connectivity index (χ4n) is 1.78. The van der Waals surface area contributed by atoms with Crippen LogP contribution in [0.15, 0.2) is 18.2 Å². The Labute approximate surface area is 107 Å². The quantitative estimate of drug-likeness (QED) is 0.486. The van der Waals surface area contributed by atoms with Crippen molar-refractivity contribution >= 4 is 17.7 Å². The van der Waals surface area contributed by atoms with E-state index in [2.05, 4.69) is 23.6 Å². The Balaban J connectivity index is 2.82. The first-order valence-electron chi connectivity index (χ1n) is 6.10. The van der Waals surface area contributed by atoms with Gasteiger partial charge in [-0.15, -0.1) is 0 Å². The third-order valence-electron chi connectivity index (χ3n) is 2.59. The van der Waals surface area contributed by atoms with Crippen LogP contribution >= 0.6 is 0 Å². The van der Waals surface area contributed by atoms with E-state index in [1.165, 1.54) is 5.56 Å². The normalized spacial score (nSPS) is 9.89. The van der Waals surface area contributed by atoms with Crippen LogP contribution in [0.4, 0.5) is 10.5 Å². The molecule has 0 spiro atoms. The maximum absolute atomic E-state index is 11.5. The molecule has 1 aromatic carbocycles. The van der Waals surface area contributed by atoms with Crippen molar-refractivity contribution in [1.29, 1.82) is 5.41 Å². The summed E-state index contributed by atoms with van der Waals surface area (Å²) in [7, 11) is 0. The van der Waals surface area contributed by atoms with Gasteiger partial charge in [0.05, 0.1) is 0 Å². The summed E-state index contributed by atoms with van der Waals surface area (Å²) in [5.41, 5.74) is 8.21. The summed E-state index contributed by atoms with van der Waals surface area (Å²) in [5, 5.41) is 11.9. The zero-order valence-electron chi connectivity index (χ0n) is 10.8. The lowest BCUT2D eigenvalue weighted by molar-refractivity contribution is 0.256. The number of carbonyl (C=O) groups is 1. The number of anilines is 1. The predicted octanol–water partition coefficient (Wildman–Crippen LogP) is 2.22. The molecule has 0 aliphatic rings. The first-order chi connectivity index (χ1) is 8.56. The molecular weight excluding hydrogens is 228 g/mol. The standard InChI is InChI=1S/C13H20N4O/c1-3-5-9-6-7-11(10(4-2)8-9)16-13(18)17-12(14)15/h6-8H,3-5H2,1-2H3,(H5,14,15,16,17,18). The molecule has 0 unspecified atom stereocenters. The van der Waals surface area contributed by atoms with Gasteiger partial charge in [-0.2, -0.15) is 0 Å². The minimum atomic E-state index is -0.486. The number of nitrogens with one attached hydrogen (secondary N) is 3. The highest BCUT2D eigenvalue weighted by Crippen LogP contribution is 2.19. The van der Waals surface area contributed by atoms with E-state index in [1.54, 1.807) is 0 Å². The van der Waals surface area contributed by atoms with Gasteiger partial charge in [0, 0.05) is 5.69 Å². The zero-order chi connectivity index (χ0) is 13.5. The largest absolute Gasteiger partial charge is 0.370 e. The number of carbonyl (C=O) groups excluding carboxylic acids is 1. The molecule has 5 N–H and O–H groups in total. The highest BCUT2D eigenvalue weighted by molar-refractivity contribution is 6.01. The van der Waals surface area contributed by atoms with Crippen LogP contribution in [0.3, 0.4) is 0 Å². The van der Waals surface area contributed by atoms with Crippen LogP contribution in [-0.4, -0.2) is 12.0 Å². The van der Waals surface area contributed by atoms with Gasteiger partial charge in [-0.05, 0) is 30.0 Å². The van der Waals surface area contributed by atoms with Crippen LogP contribution < -0.4 is 16.4 Å². The number of urea groups is 1. The van der Waals surface area contributed by atoms with Gasteiger partial charge < -0.3 is 11.1 Å². The Morgan fingerprint density at radius 1 is 1.39 bits per heavy atom. The summed E-state index contributed by atoms with van der Waals surface area (Å²) in [6, 6.07) is 5.52. The summed E-state index contributed by atoms with van der Waals surface area (Å²) in [4.78, 5) is 11.5. The van der Waals surface area contributed by atoms with Crippen LogP contribution in [0, 0.1) is 5.41 Å². The molecule has 0 aromatic heterocycles. The summed E-state index contributed by atoms with van der Waals surface area (Å²) < 4.78 is 0. The van der Waals surface area contributed by atoms with E-state index in [9.17, 15) is 4.79 Å². The van der Waals surface area contributed by atoms with E-state index in [4.69, 9.17) is 11.1 Å². The third kappa shape index (κ3) is 4.08. The van der Waals surface area contributed by atoms with E-state index < -0.39 is 6.03 Å². The topological polar surface area (TPSA) is 91.0 Å². The number of nitrogens with two attached hydrogens (primary N) is 1. The molecule has 2 amide bonds. The average Bonchev–Trinajstić information content (AvgIpc) is 2.30. The predicted molar refractivity (Wildman–Crippen MR) is 73.9 cm³/mol. The monoisotopic (exact) mass is 248 g/mol. The molecule has 1 rings (SSSR count). The maximum atomic E-state index is 11.5. The van der Waals surface area contributed by atoms with E-state index >= 15 is 0 Å². The Bertz CT molecular complexity index is 443. The number of benzene rings is 1. The van der Waals surface area contributed by atoms with Crippen molar-refractivity contribution in [2.45, 2.75) is 33.1 Å². The summed E-state index contributed by atoms with van der Waals surface area (Å²) in [6.45, 7) is 4.18. The molecule has 1 aromatic rings. The van der Waals surface area contributed by atoms with Gasteiger partial charge in [-0.3, -0.25) is 10.7 Å². The summed E-state index contributed by atoms with van der Waals surface area (Å²) in [5.74, 6) is -0.367. The average molecular weight is 248 g/mol. The van der Waals surface area contributed by atoms with Gasteiger partial charge in [0.1, 0.15) is 0 Å². The van der Waals surface area contributed by atoms with Crippen molar-refractivity contribution in [1.82, 2.24) is 5.32 Å². The number of aryl methyl sites for hydroxylation is 2. The molecule has 0 bridgehead atoms. The number of hydrogen-bond donors (Lipinski definition) is 4. The first kappa shape index (κ1) is 14.0. The van der Waals surface area contributed by atoms with E-state index in [-0.39, 0.29) is 5.96 Å². The van der Waals surface area contributed by atoms with E-state index in [0.717, 1.165) is 30.5 Å². The molecule has 0 fully saturated rings. The maximum Gasteiger partial charge on any atom is 0.325 e. The lowest BCUT2D eigenvalue weighted by Crippen LogP contribution is -2.38. The number of guanidine groups is 1. The van der Waals surface area contributed by atoms with Gasteiger partial charge in [0.25, 0.3) is 0 Å². The van der Waals surface area contributed by atoms with Crippen molar-refractivity contribution in [3.8, 4) is 0 Å². The molecule has 0 saturated heterocycles. The first-order valence-corrected chi connectivity index (χ1v) is 6.10. The molecule has 0 radical (unpaired) electrons. The van der Waals surface area contributed by atoms with Crippen molar-refractivity contribution in [2.75, 3.05) is 5.32 Å². The fraction of sp³-hybridized carbons (Fsp3) is 0.385. The van der Waals surface area contributed by atoms with E-state index in [0.29, 0.717) is 0 Å². The SMILES string of the molecule is CCCc1ccc(NC(=O)NC(=N)N)c(CC)c1. The van der Waals surface area contributed by atoms with Gasteiger partial charge in [-0.25, -0.2) is 4.79 Å². The second kappa shape index (κ2) is 6.64. The molecule has 0 atom stereocenters. The van der Waals surface area contributed by atoms with Gasteiger partial charge in [-0.1, -0.05) is 32.4 Å². The second-order valence-electron chi connectivity index (χ2n) is 4.09. The van der Waals surface area contributed by atoms with Crippen molar-refractivity contribution in [3.63, 3.8) is 0 Å². The van der Waals surface area contributed by atoms with Crippen LogP contribution in [0.1, 0.15) is 31.4 Å². The number of amides is 2. The number of rotatable bonds is 4. The van der Waals surface area contributed by atoms with Crippen LogP contribution in [0.25, 0.3) is 0 Å². The molecule has 0 heterocycles. The molecule has 0 aliphatic heterocycles. The molecule has 18 heavy (non-hydrogen) atoms. The van der Waals surface area contributed by atoms with Crippen molar-refractivity contribution < 1.29 is 4.79 Å². The lowest BCUT2D eigenvalue weighted by atomic mass is 10.0. The minimum Gasteiger partial charge on any atom is -0.370 e. The lowest BCUT2D eigenvalue weighted by Gasteiger charge is -2.12. The smallest absolute Gasteiger partial charge is 0.325 e. The van der Waals surface area contributed by atoms with Crippen LogP contribution in [0.2, 0.25) is 0 Å². The molecule has 5 heteroatoms. The van der Waals surface area contributed by atoms with Crippen LogP contribution in [-0.2, 0) is 12.8 Å². The van der Waals surface area contributed by atoms with E-state index in [1.807, 2.05) is 19.1 Å². The van der Waals surface area contributed by atoms with Gasteiger partial charge >= 0.3 is 6.03 Å². The third-order valence-corrected chi connectivity index (χ3v) is 2.59. The van der Waals surface area contributed by atoms with Gasteiger partial charge in [0.15, 0.2) is 5.96 Å². The minimum absolute atomic E-state index is 0.367. The fourth-order valence-corrected chi connectivity index (χ4v) is 1.78. The molecule has 5 nitrogen and oxygen atoms in total. The van der Waals surface area contributed by atoms with Gasteiger partial charge in [0.2, 0.25) is 0 Å². The number of hydrogen-bond acceptors (Lipinski definition) is 2. The Hall–Kier alpha value is -2.04.